The molecule has 2 amide bonds. The molecule has 1 saturated carbocycles. The van der Waals surface area contributed by atoms with Crippen molar-refractivity contribution in [3.63, 3.8) is 0 Å². The van der Waals surface area contributed by atoms with E-state index in [9.17, 15) is 14.7 Å². The van der Waals surface area contributed by atoms with Crippen LogP contribution in [0.25, 0.3) is 0 Å². The first kappa shape index (κ1) is 21.8. The number of aliphatic hydroxyl groups excluding tert-OH is 1. The maximum Gasteiger partial charge on any atom is 0.410 e. The lowest BCUT2D eigenvalue weighted by atomic mass is 9.96. The molecule has 3 heterocycles. The number of aliphatic hydroxyl groups is 1. The van der Waals surface area contributed by atoms with Crippen LogP contribution in [0, 0.1) is 5.92 Å². The zero-order valence-electron chi connectivity index (χ0n) is 17.9. The molecule has 0 spiro atoms. The summed E-state index contributed by atoms with van der Waals surface area (Å²) >= 11 is 0. The zero-order valence-corrected chi connectivity index (χ0v) is 17.9. The van der Waals surface area contributed by atoms with E-state index in [0.717, 1.165) is 31.2 Å². The number of methoxy groups -OCH3 is 1. The van der Waals surface area contributed by atoms with Gasteiger partial charge in [0.1, 0.15) is 6.10 Å². The van der Waals surface area contributed by atoms with Gasteiger partial charge in [0.15, 0.2) is 0 Å². The number of hydrogen-bond acceptors (Lipinski definition) is 8. The van der Waals surface area contributed by atoms with Gasteiger partial charge in [0.05, 0.1) is 38.4 Å². The number of nitrogens with one attached hydrogen (secondary N) is 3. The fraction of sp³-hybridized carbons (Fsp3) is 0.667. The smallest absolute Gasteiger partial charge is 0.410 e. The van der Waals surface area contributed by atoms with E-state index in [0.29, 0.717) is 18.3 Å². The average Bonchev–Trinajstić information content (AvgIpc) is 3.41. The molecule has 6 atom stereocenters. The summed E-state index contributed by atoms with van der Waals surface area (Å²) in [6.07, 6.45) is 4.24. The minimum Gasteiger partial charge on any atom is -0.481 e. The van der Waals surface area contributed by atoms with Crippen molar-refractivity contribution < 1.29 is 24.2 Å². The molecule has 10 nitrogen and oxygen atoms in total. The molecule has 3 fully saturated rings. The van der Waals surface area contributed by atoms with Crippen LogP contribution in [0.4, 0.5) is 4.79 Å². The Morgan fingerprint density at radius 2 is 2.13 bits per heavy atom. The second-order valence-corrected chi connectivity index (χ2v) is 8.68. The number of aromatic nitrogens is 1. The highest BCUT2D eigenvalue weighted by molar-refractivity contribution is 5.78. The molecule has 2 saturated heterocycles. The predicted octanol–water partition coefficient (Wildman–Crippen LogP) is 0.312. The van der Waals surface area contributed by atoms with Crippen LogP contribution >= 0.6 is 0 Å². The van der Waals surface area contributed by atoms with E-state index in [1.807, 2.05) is 13.0 Å². The van der Waals surface area contributed by atoms with Gasteiger partial charge in [-0.25, -0.2) is 15.2 Å². The Hall–Kier alpha value is -2.43. The lowest BCUT2D eigenvalue weighted by Gasteiger charge is -2.42. The quantitative estimate of drug-likeness (QED) is 0.505. The minimum absolute atomic E-state index is 0.0731. The van der Waals surface area contributed by atoms with Gasteiger partial charge < -0.3 is 24.8 Å². The van der Waals surface area contributed by atoms with Crippen LogP contribution < -0.4 is 20.9 Å². The summed E-state index contributed by atoms with van der Waals surface area (Å²) in [7, 11) is 1.55. The number of pyridine rings is 1. The fourth-order valence-corrected chi connectivity index (χ4v) is 4.54. The van der Waals surface area contributed by atoms with Crippen molar-refractivity contribution in [1.82, 2.24) is 26.1 Å². The molecular formula is C21H31N5O5. The SMILES string of the molecule is COc1ccc(CC(=O)NC2CC([C@@H]3CC[C@H](OC(=O)N4C[C@@H](O)[C@@H]4C)C3)NN2)cn1. The summed E-state index contributed by atoms with van der Waals surface area (Å²) in [4.78, 5) is 30.3. The van der Waals surface area contributed by atoms with E-state index in [2.05, 4.69) is 21.2 Å². The van der Waals surface area contributed by atoms with E-state index in [1.165, 1.54) is 0 Å². The van der Waals surface area contributed by atoms with Crippen molar-refractivity contribution in [2.24, 2.45) is 5.92 Å². The number of nitrogens with zero attached hydrogens (tertiary/aromatic N) is 2. The number of amides is 2. The molecule has 10 heteroatoms. The summed E-state index contributed by atoms with van der Waals surface area (Å²) in [6, 6.07) is 3.60. The Labute approximate surface area is 181 Å². The second kappa shape index (κ2) is 9.37. The number of β-amino-alcohol motifs (C(OH)–C–C–N with tert-alkyl or cyclic N) is 1. The van der Waals surface area contributed by atoms with Crippen molar-refractivity contribution in [1.29, 1.82) is 0 Å². The molecule has 4 N–H and O–H groups in total. The minimum atomic E-state index is -0.453. The van der Waals surface area contributed by atoms with E-state index in [1.54, 1.807) is 24.3 Å². The highest BCUT2D eigenvalue weighted by atomic mass is 16.6. The van der Waals surface area contributed by atoms with Crippen LogP contribution in [0.2, 0.25) is 0 Å². The van der Waals surface area contributed by atoms with Gasteiger partial charge in [-0.1, -0.05) is 6.07 Å². The third-order valence-electron chi connectivity index (χ3n) is 6.57. The predicted molar refractivity (Wildman–Crippen MR) is 111 cm³/mol. The topological polar surface area (TPSA) is 125 Å². The summed E-state index contributed by atoms with van der Waals surface area (Å²) < 4.78 is 10.7. The fourth-order valence-electron chi connectivity index (χ4n) is 4.54. The summed E-state index contributed by atoms with van der Waals surface area (Å²) in [6.45, 7) is 2.17. The molecule has 0 aromatic carbocycles. The van der Waals surface area contributed by atoms with Gasteiger partial charge in [0.25, 0.3) is 0 Å². The molecule has 3 aliphatic rings. The number of hydrogen-bond donors (Lipinski definition) is 4. The Bertz CT molecular complexity index is 791. The number of carbonyl (C=O) groups is 2. The van der Waals surface area contributed by atoms with Crippen molar-refractivity contribution in [2.45, 2.75) is 69.5 Å². The molecule has 4 rings (SSSR count). The van der Waals surface area contributed by atoms with Crippen LogP contribution in [0.15, 0.2) is 18.3 Å². The lowest BCUT2D eigenvalue weighted by molar-refractivity contribution is -0.121. The summed E-state index contributed by atoms with van der Waals surface area (Å²) in [5, 5.41) is 12.6. The molecule has 0 bridgehead atoms. The Morgan fingerprint density at radius 3 is 2.81 bits per heavy atom. The Balaban J connectivity index is 1.18. The molecule has 1 aromatic rings. The number of ether oxygens (including phenoxy) is 2. The highest BCUT2D eigenvalue weighted by Crippen LogP contribution is 2.33. The van der Waals surface area contributed by atoms with E-state index in [-0.39, 0.29) is 42.8 Å². The van der Waals surface area contributed by atoms with Gasteiger partial charge in [-0.15, -0.1) is 0 Å². The molecule has 1 aromatic heterocycles. The van der Waals surface area contributed by atoms with Gasteiger partial charge in [0.2, 0.25) is 11.8 Å². The van der Waals surface area contributed by atoms with E-state index >= 15 is 0 Å². The highest BCUT2D eigenvalue weighted by Gasteiger charge is 2.41. The van der Waals surface area contributed by atoms with Crippen LogP contribution in [-0.2, 0) is 16.0 Å². The number of carbonyl (C=O) groups excluding carboxylic acids is 2. The number of rotatable bonds is 6. The third-order valence-corrected chi connectivity index (χ3v) is 6.57. The van der Waals surface area contributed by atoms with Crippen molar-refractivity contribution >= 4 is 12.0 Å². The maximum absolute atomic E-state index is 12.4. The first-order valence-electron chi connectivity index (χ1n) is 10.9. The molecule has 1 aliphatic carbocycles. The molecule has 170 valence electrons. The van der Waals surface area contributed by atoms with Gasteiger partial charge in [-0.05, 0) is 44.1 Å². The normalized spacial score (nSPS) is 32.4. The summed E-state index contributed by atoms with van der Waals surface area (Å²) in [5.74, 6) is 0.819. The number of hydrazine groups is 1. The van der Waals surface area contributed by atoms with E-state index < -0.39 is 6.10 Å². The van der Waals surface area contributed by atoms with Crippen LogP contribution in [0.3, 0.4) is 0 Å². The Morgan fingerprint density at radius 1 is 1.29 bits per heavy atom. The molecular weight excluding hydrogens is 402 g/mol. The molecule has 2 unspecified atom stereocenters. The standard InChI is InChI=1S/C21H31N5O5/c1-12-17(27)11-26(12)21(29)31-15-5-4-14(8-15)16-9-18(25-24-16)23-19(28)7-13-3-6-20(30-2)22-10-13/h3,6,10,12,14-18,24-25,27H,4-5,7-9,11H2,1-2H3,(H,23,28)/t12-,14+,15-,16?,17+,18?/m0/s1. The second-order valence-electron chi connectivity index (χ2n) is 8.68. The van der Waals surface area contributed by atoms with Gasteiger partial charge in [-0.2, -0.15) is 0 Å². The first-order valence-corrected chi connectivity index (χ1v) is 10.9. The van der Waals surface area contributed by atoms with Crippen LogP contribution in [-0.4, -0.2) is 71.1 Å². The van der Waals surface area contributed by atoms with Crippen molar-refractivity contribution in [3.05, 3.63) is 23.9 Å². The summed E-state index contributed by atoms with van der Waals surface area (Å²) in [5.41, 5.74) is 7.27. The van der Waals surface area contributed by atoms with Gasteiger partial charge in [-0.3, -0.25) is 10.2 Å². The third kappa shape index (κ3) is 5.08. The van der Waals surface area contributed by atoms with Gasteiger partial charge in [0, 0.05) is 18.3 Å². The molecule has 2 aliphatic heterocycles. The Kier molecular flexibility index (Phi) is 6.59. The zero-order chi connectivity index (χ0) is 22.0. The average molecular weight is 434 g/mol. The lowest BCUT2D eigenvalue weighted by Crippen LogP contribution is -2.61. The molecule has 0 radical (unpaired) electrons. The monoisotopic (exact) mass is 433 g/mol. The van der Waals surface area contributed by atoms with Crippen LogP contribution in [0.5, 0.6) is 5.88 Å². The first-order chi connectivity index (χ1) is 14.9. The number of likely N-dealkylation sites (tertiary alicyclic amines) is 1. The van der Waals surface area contributed by atoms with Crippen LogP contribution in [0.1, 0.15) is 38.2 Å². The largest absolute Gasteiger partial charge is 0.481 e. The maximum atomic E-state index is 12.4. The molecule has 31 heavy (non-hydrogen) atoms. The van der Waals surface area contributed by atoms with Gasteiger partial charge >= 0.3 is 6.09 Å². The van der Waals surface area contributed by atoms with Crippen molar-refractivity contribution in [2.75, 3.05) is 13.7 Å². The van der Waals surface area contributed by atoms with E-state index in [4.69, 9.17) is 9.47 Å². The van der Waals surface area contributed by atoms with Crippen molar-refractivity contribution in [3.8, 4) is 5.88 Å².